The zero-order valence-corrected chi connectivity index (χ0v) is 10.5. The molecule has 0 N–H and O–H groups in total. The molecule has 5 heteroatoms. The fraction of sp³-hybridized carbons (Fsp3) is 0.727. The van der Waals surface area contributed by atoms with E-state index in [0.717, 1.165) is 0 Å². The molecule has 0 aliphatic carbocycles. The Hall–Kier alpha value is -0.760. The van der Waals surface area contributed by atoms with Gasteiger partial charge in [-0.1, -0.05) is 5.92 Å². The molecule has 0 bridgehead atoms. The molecule has 0 saturated heterocycles. The van der Waals surface area contributed by atoms with Gasteiger partial charge in [-0.3, -0.25) is 4.79 Å². The van der Waals surface area contributed by atoms with Crippen molar-refractivity contribution in [1.82, 2.24) is 4.90 Å². The average Bonchev–Trinajstić information content (AvgIpc) is 2.28. The first-order valence-electron chi connectivity index (χ1n) is 5.19. The summed E-state index contributed by atoms with van der Waals surface area (Å²) < 4.78 is 10.7. The topological polar surface area (TPSA) is 38.8 Å². The van der Waals surface area contributed by atoms with Crippen molar-refractivity contribution in [3.05, 3.63) is 0 Å². The molecular weight excluding hydrogens is 230 g/mol. The van der Waals surface area contributed by atoms with Crippen molar-refractivity contribution in [2.45, 2.75) is 20.1 Å². The summed E-state index contributed by atoms with van der Waals surface area (Å²) >= 11 is 5.48. The van der Waals surface area contributed by atoms with Crippen LogP contribution in [-0.4, -0.2) is 49.3 Å². The zero-order valence-electron chi connectivity index (χ0n) is 9.74. The number of ether oxygens (including phenoxy) is 2. The number of hydrogen-bond donors (Lipinski definition) is 0. The van der Waals surface area contributed by atoms with E-state index < -0.39 is 6.29 Å². The molecule has 0 fully saturated rings. The molecule has 0 aromatic carbocycles. The minimum absolute atomic E-state index is 0.0906. The number of rotatable bonds is 8. The average molecular weight is 248 g/mol. The fourth-order valence-corrected chi connectivity index (χ4v) is 1.32. The lowest BCUT2D eigenvalue weighted by Crippen LogP contribution is -2.40. The molecule has 0 unspecified atom stereocenters. The minimum atomic E-state index is -0.449. The molecule has 1 amide bonds. The van der Waals surface area contributed by atoms with Crippen molar-refractivity contribution in [1.29, 1.82) is 0 Å². The van der Waals surface area contributed by atoms with Crippen molar-refractivity contribution in [3.63, 3.8) is 0 Å². The molecule has 0 saturated carbocycles. The van der Waals surface area contributed by atoms with E-state index in [1.165, 1.54) is 4.90 Å². The van der Waals surface area contributed by atoms with Gasteiger partial charge in [-0.2, -0.15) is 0 Å². The van der Waals surface area contributed by atoms with Gasteiger partial charge in [0.05, 0.1) is 13.1 Å². The van der Waals surface area contributed by atoms with Crippen LogP contribution < -0.4 is 0 Å². The number of amides is 1. The number of carbonyl (C=O) groups excluding carboxylic acids is 1. The highest BCUT2D eigenvalue weighted by Crippen LogP contribution is 2.01. The van der Waals surface area contributed by atoms with E-state index in [-0.39, 0.29) is 18.3 Å². The molecule has 0 aromatic heterocycles. The number of carbonyl (C=O) groups is 1. The first-order chi connectivity index (χ1) is 7.69. The summed E-state index contributed by atoms with van der Waals surface area (Å²) in [7, 11) is 0. The van der Waals surface area contributed by atoms with Crippen LogP contribution in [0.5, 0.6) is 0 Å². The SMILES string of the molecule is C#CCN(CC(OCC)OCC)C(=O)CCl. The van der Waals surface area contributed by atoms with E-state index in [4.69, 9.17) is 27.5 Å². The quantitative estimate of drug-likeness (QED) is 0.366. The maximum Gasteiger partial charge on any atom is 0.238 e. The molecular formula is C11H18ClNO3. The highest BCUT2D eigenvalue weighted by molar-refractivity contribution is 6.27. The maximum atomic E-state index is 11.4. The van der Waals surface area contributed by atoms with Gasteiger partial charge in [0.25, 0.3) is 0 Å². The summed E-state index contributed by atoms with van der Waals surface area (Å²) in [5.74, 6) is 2.10. The van der Waals surface area contributed by atoms with Gasteiger partial charge in [0.15, 0.2) is 6.29 Å². The lowest BCUT2D eigenvalue weighted by Gasteiger charge is -2.25. The van der Waals surface area contributed by atoms with Crippen molar-refractivity contribution >= 4 is 17.5 Å². The van der Waals surface area contributed by atoms with Crippen LogP contribution in [0.25, 0.3) is 0 Å². The Balaban J connectivity index is 4.32. The van der Waals surface area contributed by atoms with E-state index in [9.17, 15) is 4.79 Å². The number of terminal acetylenes is 1. The number of nitrogens with zero attached hydrogens (tertiary/aromatic N) is 1. The lowest BCUT2D eigenvalue weighted by atomic mass is 10.4. The van der Waals surface area contributed by atoms with E-state index in [2.05, 4.69) is 5.92 Å². The summed E-state index contributed by atoms with van der Waals surface area (Å²) in [6.45, 7) is 5.27. The second-order valence-electron chi connectivity index (χ2n) is 2.95. The van der Waals surface area contributed by atoms with Crippen molar-refractivity contribution < 1.29 is 14.3 Å². The highest BCUT2D eigenvalue weighted by Gasteiger charge is 2.17. The fourth-order valence-electron chi connectivity index (χ4n) is 1.15. The largest absolute Gasteiger partial charge is 0.351 e. The predicted molar refractivity (Wildman–Crippen MR) is 63.2 cm³/mol. The third-order valence-electron chi connectivity index (χ3n) is 1.82. The Morgan fingerprint density at radius 3 is 2.38 bits per heavy atom. The van der Waals surface area contributed by atoms with Crippen LogP contribution in [0.4, 0.5) is 0 Å². The third-order valence-corrected chi connectivity index (χ3v) is 2.05. The van der Waals surface area contributed by atoms with Crippen LogP contribution in [0.15, 0.2) is 0 Å². The highest BCUT2D eigenvalue weighted by atomic mass is 35.5. The molecule has 0 aliphatic heterocycles. The normalized spacial score (nSPS) is 10.2. The minimum Gasteiger partial charge on any atom is -0.351 e. The Bertz CT molecular complexity index is 234. The summed E-state index contributed by atoms with van der Waals surface area (Å²) in [5.41, 5.74) is 0. The third kappa shape index (κ3) is 5.96. The Morgan fingerprint density at radius 2 is 2.00 bits per heavy atom. The first kappa shape index (κ1) is 15.2. The van der Waals surface area contributed by atoms with Gasteiger partial charge in [0.1, 0.15) is 5.88 Å². The van der Waals surface area contributed by atoms with Crippen LogP contribution in [0.3, 0.4) is 0 Å². The monoisotopic (exact) mass is 247 g/mol. The second-order valence-corrected chi connectivity index (χ2v) is 3.22. The van der Waals surface area contributed by atoms with E-state index in [1.54, 1.807) is 0 Å². The number of alkyl halides is 1. The summed E-state index contributed by atoms with van der Waals surface area (Å²) in [6, 6.07) is 0. The molecule has 0 spiro atoms. The Labute approximate surface area is 102 Å². The molecule has 0 heterocycles. The van der Waals surface area contributed by atoms with E-state index in [0.29, 0.717) is 19.8 Å². The van der Waals surface area contributed by atoms with Crippen LogP contribution in [0.2, 0.25) is 0 Å². The van der Waals surface area contributed by atoms with Gasteiger partial charge >= 0.3 is 0 Å². The van der Waals surface area contributed by atoms with Gasteiger partial charge in [-0.25, -0.2) is 0 Å². The molecule has 92 valence electrons. The van der Waals surface area contributed by atoms with Crippen LogP contribution in [0, 0.1) is 12.3 Å². The van der Waals surface area contributed by atoms with Crippen molar-refractivity contribution in [2.24, 2.45) is 0 Å². The second kappa shape index (κ2) is 9.46. The van der Waals surface area contributed by atoms with Crippen molar-refractivity contribution in [3.8, 4) is 12.3 Å². The Morgan fingerprint density at radius 1 is 1.44 bits per heavy atom. The van der Waals surface area contributed by atoms with Gasteiger partial charge in [-0.05, 0) is 13.8 Å². The molecule has 0 atom stereocenters. The summed E-state index contributed by atoms with van der Waals surface area (Å²) in [4.78, 5) is 12.9. The van der Waals surface area contributed by atoms with E-state index in [1.807, 2.05) is 13.8 Å². The smallest absolute Gasteiger partial charge is 0.238 e. The molecule has 4 nitrogen and oxygen atoms in total. The van der Waals surface area contributed by atoms with Crippen LogP contribution in [0.1, 0.15) is 13.8 Å². The Kier molecular flexibility index (Phi) is 9.02. The summed E-state index contributed by atoms with van der Waals surface area (Å²) in [5, 5.41) is 0. The number of halogens is 1. The maximum absolute atomic E-state index is 11.4. The lowest BCUT2D eigenvalue weighted by molar-refractivity contribution is -0.156. The van der Waals surface area contributed by atoms with Gasteiger partial charge in [-0.15, -0.1) is 18.0 Å². The molecule has 0 aliphatic rings. The number of hydrogen-bond acceptors (Lipinski definition) is 3. The predicted octanol–water partition coefficient (Wildman–Crippen LogP) is 1.09. The summed E-state index contributed by atoms with van der Waals surface area (Å²) in [6.07, 6.45) is 4.73. The standard InChI is InChI=1S/C11H18ClNO3/c1-4-7-13(10(14)8-12)9-11(15-5-2)16-6-3/h1,11H,5-9H2,2-3H3. The molecule has 0 radical (unpaired) electrons. The van der Waals surface area contributed by atoms with Crippen molar-refractivity contribution in [2.75, 3.05) is 32.2 Å². The van der Waals surface area contributed by atoms with Gasteiger partial charge < -0.3 is 14.4 Å². The zero-order chi connectivity index (χ0) is 12.4. The van der Waals surface area contributed by atoms with Gasteiger partial charge in [0, 0.05) is 13.2 Å². The van der Waals surface area contributed by atoms with Gasteiger partial charge in [0.2, 0.25) is 5.91 Å². The first-order valence-corrected chi connectivity index (χ1v) is 5.73. The van der Waals surface area contributed by atoms with Crippen LogP contribution in [-0.2, 0) is 14.3 Å². The molecule has 0 rings (SSSR count). The van der Waals surface area contributed by atoms with E-state index >= 15 is 0 Å². The van der Waals surface area contributed by atoms with Crippen LogP contribution >= 0.6 is 11.6 Å². The molecule has 0 aromatic rings. The molecule has 16 heavy (non-hydrogen) atoms.